The van der Waals surface area contributed by atoms with Gasteiger partial charge in [0.05, 0.1) is 0 Å². The molecule has 0 aromatic carbocycles. The lowest BCUT2D eigenvalue weighted by molar-refractivity contribution is -0.112. The molecule has 0 atom stereocenters. The van der Waals surface area contributed by atoms with Crippen LogP contribution in [0.2, 0.25) is 0 Å². The molecular weight excluding hydrogens is 263 g/mol. The zero-order valence-corrected chi connectivity index (χ0v) is 7.87. The molecule has 0 unspecified atom stereocenters. The minimum Gasteiger partial charge on any atom is -0.434 e. The Morgan fingerprint density at radius 1 is 1.55 bits per heavy atom. The molecule has 1 fully saturated rings. The largest absolute Gasteiger partial charge is 0.508 e. The molecule has 11 heavy (non-hydrogen) atoms. The molecule has 0 radical (unpaired) electrons. The quantitative estimate of drug-likeness (QED) is 0.428. The summed E-state index contributed by atoms with van der Waals surface area (Å²) in [6, 6.07) is 0. The van der Waals surface area contributed by atoms with Crippen LogP contribution in [0.25, 0.3) is 0 Å². The number of rotatable bonds is 2. The molecule has 0 aromatic heterocycles. The van der Waals surface area contributed by atoms with Gasteiger partial charge in [0.15, 0.2) is 3.79 Å². The van der Waals surface area contributed by atoms with Crippen LogP contribution in [0.1, 0.15) is 6.42 Å². The molecule has 0 spiro atoms. The summed E-state index contributed by atoms with van der Waals surface area (Å²) in [5.41, 5.74) is 0. The Morgan fingerprint density at radius 2 is 2.09 bits per heavy atom. The molecule has 4 nitrogen and oxygen atoms in total. The van der Waals surface area contributed by atoms with E-state index in [1.54, 1.807) is 22.6 Å². The lowest BCUT2D eigenvalue weighted by atomic mass is 10.1. The monoisotopic (exact) mass is 270 g/mol. The lowest BCUT2D eigenvalue weighted by Gasteiger charge is -2.19. The SMILES string of the molecule is O=C(I)CC1COC(=O)OC1. The molecule has 1 saturated heterocycles. The standard InChI is InChI=1S/C6H7IO4/c7-5(8)1-4-2-10-6(9)11-3-4/h4H,1-3H2. The Kier molecular flexibility index (Phi) is 3.10. The van der Waals surface area contributed by atoms with Crippen molar-refractivity contribution in [3.8, 4) is 0 Å². The molecule has 1 aliphatic heterocycles. The third-order valence-electron chi connectivity index (χ3n) is 1.32. The van der Waals surface area contributed by atoms with Gasteiger partial charge < -0.3 is 9.47 Å². The van der Waals surface area contributed by atoms with Crippen molar-refractivity contribution < 1.29 is 19.1 Å². The molecule has 0 N–H and O–H groups in total. The van der Waals surface area contributed by atoms with E-state index >= 15 is 0 Å². The van der Waals surface area contributed by atoms with E-state index in [1.807, 2.05) is 0 Å². The number of halogens is 1. The van der Waals surface area contributed by atoms with Gasteiger partial charge in [-0.15, -0.1) is 0 Å². The molecule has 62 valence electrons. The van der Waals surface area contributed by atoms with Crippen LogP contribution < -0.4 is 0 Å². The smallest absolute Gasteiger partial charge is 0.434 e. The van der Waals surface area contributed by atoms with Crippen LogP contribution in [-0.2, 0) is 14.3 Å². The van der Waals surface area contributed by atoms with Crippen molar-refractivity contribution in [3.05, 3.63) is 0 Å². The Labute approximate surface area is 77.4 Å². The average Bonchev–Trinajstić information content (AvgIpc) is 1.93. The Hall–Kier alpha value is -0.330. The third kappa shape index (κ3) is 3.04. The van der Waals surface area contributed by atoms with E-state index in [1.165, 1.54) is 0 Å². The fraction of sp³-hybridized carbons (Fsp3) is 0.667. The van der Waals surface area contributed by atoms with Crippen LogP contribution in [0.5, 0.6) is 0 Å². The predicted octanol–water partition coefficient (Wildman–Crippen LogP) is 1.12. The van der Waals surface area contributed by atoms with Crippen molar-refractivity contribution in [2.45, 2.75) is 6.42 Å². The molecule has 0 amide bonds. The van der Waals surface area contributed by atoms with Crippen LogP contribution >= 0.6 is 22.6 Å². The topological polar surface area (TPSA) is 52.6 Å². The summed E-state index contributed by atoms with van der Waals surface area (Å²) in [5.74, 6) is 0.0390. The minimum atomic E-state index is -0.637. The van der Waals surface area contributed by atoms with Crippen molar-refractivity contribution in [2.75, 3.05) is 13.2 Å². The van der Waals surface area contributed by atoms with Gasteiger partial charge in [0.2, 0.25) is 0 Å². The Bertz CT molecular complexity index is 169. The van der Waals surface area contributed by atoms with Crippen molar-refractivity contribution in [3.63, 3.8) is 0 Å². The Morgan fingerprint density at radius 3 is 2.55 bits per heavy atom. The van der Waals surface area contributed by atoms with Crippen LogP contribution in [-0.4, -0.2) is 23.2 Å². The van der Waals surface area contributed by atoms with Gasteiger partial charge >= 0.3 is 6.16 Å². The molecule has 0 aromatic rings. The second kappa shape index (κ2) is 3.89. The van der Waals surface area contributed by atoms with Crippen molar-refractivity contribution in [1.29, 1.82) is 0 Å². The second-order valence-corrected chi connectivity index (χ2v) is 3.50. The number of hydrogen-bond acceptors (Lipinski definition) is 4. The van der Waals surface area contributed by atoms with Crippen LogP contribution in [0.3, 0.4) is 0 Å². The zero-order valence-electron chi connectivity index (χ0n) is 5.71. The molecule has 0 aliphatic carbocycles. The number of hydrogen-bond donors (Lipinski definition) is 0. The first-order valence-electron chi connectivity index (χ1n) is 3.16. The number of cyclic esters (lactones) is 2. The molecule has 0 saturated carbocycles. The van der Waals surface area contributed by atoms with Gasteiger partial charge in [-0.25, -0.2) is 4.79 Å². The summed E-state index contributed by atoms with van der Waals surface area (Å²) in [6.07, 6.45) is -0.226. The van der Waals surface area contributed by atoms with Crippen LogP contribution in [0.4, 0.5) is 4.79 Å². The van der Waals surface area contributed by atoms with Crippen LogP contribution in [0.15, 0.2) is 0 Å². The van der Waals surface area contributed by atoms with Gasteiger partial charge in [-0.3, -0.25) is 4.79 Å². The van der Waals surface area contributed by atoms with Gasteiger partial charge in [-0.1, -0.05) is 0 Å². The van der Waals surface area contributed by atoms with Crippen LogP contribution in [0, 0.1) is 5.92 Å². The molecule has 1 rings (SSSR count). The van der Waals surface area contributed by atoms with Gasteiger partial charge in [-0.05, 0) is 22.6 Å². The highest BCUT2D eigenvalue weighted by atomic mass is 127. The van der Waals surface area contributed by atoms with E-state index in [0.717, 1.165) is 0 Å². The first kappa shape index (κ1) is 8.76. The van der Waals surface area contributed by atoms with E-state index in [2.05, 4.69) is 9.47 Å². The van der Waals surface area contributed by atoms with E-state index < -0.39 is 6.16 Å². The number of carbonyl (C=O) groups is 2. The van der Waals surface area contributed by atoms with Crippen molar-refractivity contribution >= 4 is 32.5 Å². The number of ether oxygens (including phenoxy) is 2. The number of carbonyl (C=O) groups excluding carboxylic acids is 2. The molecular formula is C6H7IO4. The maximum absolute atomic E-state index is 10.6. The molecule has 5 heteroatoms. The first-order chi connectivity index (χ1) is 5.18. The van der Waals surface area contributed by atoms with Gasteiger partial charge in [0.1, 0.15) is 13.2 Å². The summed E-state index contributed by atoms with van der Waals surface area (Å²) in [6.45, 7) is 0.598. The predicted molar refractivity (Wildman–Crippen MR) is 44.4 cm³/mol. The van der Waals surface area contributed by atoms with E-state index in [9.17, 15) is 9.59 Å². The van der Waals surface area contributed by atoms with E-state index in [0.29, 0.717) is 19.6 Å². The van der Waals surface area contributed by atoms with Crippen molar-refractivity contribution in [2.24, 2.45) is 5.92 Å². The second-order valence-electron chi connectivity index (χ2n) is 2.30. The summed E-state index contributed by atoms with van der Waals surface area (Å²) in [7, 11) is 0. The van der Waals surface area contributed by atoms with Gasteiger partial charge in [-0.2, -0.15) is 0 Å². The Balaban J connectivity index is 2.28. The highest BCUT2D eigenvalue weighted by molar-refractivity contribution is 14.1. The van der Waals surface area contributed by atoms with E-state index in [-0.39, 0.29) is 9.71 Å². The zero-order chi connectivity index (χ0) is 8.27. The lowest BCUT2D eigenvalue weighted by Crippen LogP contribution is -2.28. The van der Waals surface area contributed by atoms with E-state index in [4.69, 9.17) is 0 Å². The summed E-state index contributed by atoms with van der Waals surface area (Å²) in [4.78, 5) is 20.9. The third-order valence-corrected chi connectivity index (χ3v) is 1.76. The fourth-order valence-corrected chi connectivity index (χ4v) is 1.43. The first-order valence-corrected chi connectivity index (χ1v) is 4.24. The van der Waals surface area contributed by atoms with Crippen molar-refractivity contribution in [1.82, 2.24) is 0 Å². The summed E-state index contributed by atoms with van der Waals surface area (Å²) in [5, 5.41) is 0. The van der Waals surface area contributed by atoms with Gasteiger partial charge in [0.25, 0.3) is 0 Å². The fourth-order valence-electron chi connectivity index (χ4n) is 0.806. The summed E-state index contributed by atoms with van der Waals surface area (Å²) >= 11 is 1.72. The highest BCUT2D eigenvalue weighted by Gasteiger charge is 2.22. The minimum absolute atomic E-state index is 0.0390. The van der Waals surface area contributed by atoms with Gasteiger partial charge in [0, 0.05) is 12.3 Å². The maximum Gasteiger partial charge on any atom is 0.508 e. The molecule has 1 aliphatic rings. The molecule has 0 bridgehead atoms. The average molecular weight is 270 g/mol. The maximum atomic E-state index is 10.6. The normalized spacial score (nSPS) is 18.8. The molecule has 1 heterocycles. The highest BCUT2D eigenvalue weighted by Crippen LogP contribution is 2.13. The summed E-state index contributed by atoms with van der Waals surface area (Å²) < 4.78 is 9.21.